The zero-order valence-electron chi connectivity index (χ0n) is 16.1. The smallest absolute Gasteiger partial charge is 0.246 e. The van der Waals surface area contributed by atoms with Crippen LogP contribution in [0.4, 0.5) is 5.69 Å². The lowest BCUT2D eigenvalue weighted by molar-refractivity contribution is -0.129. The number of nitrogens with zero attached hydrogens (tertiary/aromatic N) is 2. The van der Waals surface area contributed by atoms with Crippen LogP contribution in [-0.2, 0) is 19.6 Å². The molecule has 0 unspecified atom stereocenters. The third kappa shape index (κ3) is 5.18. The molecule has 154 valence electrons. The van der Waals surface area contributed by atoms with Crippen molar-refractivity contribution in [3.63, 3.8) is 0 Å². The van der Waals surface area contributed by atoms with Crippen LogP contribution in [0.2, 0.25) is 0 Å². The zero-order chi connectivity index (χ0) is 20.9. The SMILES string of the molecule is C[C@@H](NC(=O)[C@H]1CCCN(S(=O)(=O)c2ccccc2)C1)C(=O)Nc1cccnc1. The van der Waals surface area contributed by atoms with E-state index in [9.17, 15) is 18.0 Å². The molecule has 3 rings (SSSR count). The molecule has 1 aliphatic heterocycles. The zero-order valence-corrected chi connectivity index (χ0v) is 16.9. The number of anilines is 1. The van der Waals surface area contributed by atoms with E-state index in [2.05, 4.69) is 15.6 Å². The summed E-state index contributed by atoms with van der Waals surface area (Å²) in [5.74, 6) is -1.20. The molecule has 0 spiro atoms. The number of amides is 2. The number of hydrogen-bond donors (Lipinski definition) is 2. The molecule has 9 heteroatoms. The van der Waals surface area contributed by atoms with Crippen LogP contribution in [0.15, 0.2) is 59.8 Å². The molecule has 2 N–H and O–H groups in total. The Morgan fingerprint density at radius 2 is 1.93 bits per heavy atom. The van der Waals surface area contributed by atoms with Crippen molar-refractivity contribution in [2.45, 2.75) is 30.7 Å². The molecule has 29 heavy (non-hydrogen) atoms. The molecule has 0 aliphatic carbocycles. The number of aromatic nitrogens is 1. The first-order chi connectivity index (χ1) is 13.9. The van der Waals surface area contributed by atoms with Gasteiger partial charge in [0.2, 0.25) is 21.8 Å². The van der Waals surface area contributed by atoms with Crippen LogP contribution in [0.3, 0.4) is 0 Å². The van der Waals surface area contributed by atoms with E-state index in [-0.39, 0.29) is 23.3 Å². The number of rotatable bonds is 6. The Morgan fingerprint density at radius 3 is 2.62 bits per heavy atom. The second-order valence-electron chi connectivity index (χ2n) is 6.98. The fraction of sp³-hybridized carbons (Fsp3) is 0.350. The molecule has 1 saturated heterocycles. The van der Waals surface area contributed by atoms with Crippen LogP contribution >= 0.6 is 0 Å². The van der Waals surface area contributed by atoms with Crippen molar-refractivity contribution >= 4 is 27.5 Å². The van der Waals surface area contributed by atoms with Crippen LogP contribution in [0.25, 0.3) is 0 Å². The van der Waals surface area contributed by atoms with Crippen molar-refractivity contribution in [2.24, 2.45) is 5.92 Å². The van der Waals surface area contributed by atoms with Crippen molar-refractivity contribution in [1.29, 1.82) is 0 Å². The largest absolute Gasteiger partial charge is 0.344 e. The van der Waals surface area contributed by atoms with Gasteiger partial charge in [0.1, 0.15) is 6.04 Å². The second kappa shape index (κ2) is 9.15. The van der Waals surface area contributed by atoms with E-state index < -0.39 is 22.0 Å². The van der Waals surface area contributed by atoms with Crippen molar-refractivity contribution in [2.75, 3.05) is 18.4 Å². The number of benzene rings is 1. The summed E-state index contributed by atoms with van der Waals surface area (Å²) in [5, 5.41) is 5.37. The molecule has 1 aromatic heterocycles. The van der Waals surface area contributed by atoms with E-state index in [1.54, 1.807) is 55.6 Å². The predicted molar refractivity (Wildman–Crippen MR) is 108 cm³/mol. The van der Waals surface area contributed by atoms with Gasteiger partial charge in [-0.05, 0) is 44.0 Å². The Kier molecular flexibility index (Phi) is 6.60. The Bertz CT molecular complexity index is 951. The highest BCUT2D eigenvalue weighted by molar-refractivity contribution is 7.89. The Morgan fingerprint density at radius 1 is 1.17 bits per heavy atom. The molecule has 2 heterocycles. The maximum absolute atomic E-state index is 12.8. The first kappa shape index (κ1) is 20.9. The van der Waals surface area contributed by atoms with Crippen LogP contribution in [0, 0.1) is 5.92 Å². The normalized spacial score (nSPS) is 18.6. The van der Waals surface area contributed by atoms with Crippen molar-refractivity contribution in [3.05, 3.63) is 54.9 Å². The van der Waals surface area contributed by atoms with E-state index in [0.717, 1.165) is 0 Å². The highest BCUT2D eigenvalue weighted by Gasteiger charge is 2.34. The molecule has 2 aromatic rings. The maximum Gasteiger partial charge on any atom is 0.246 e. The van der Waals surface area contributed by atoms with Crippen molar-refractivity contribution < 1.29 is 18.0 Å². The standard InChI is InChI=1S/C20H24N4O4S/c1-15(19(25)23-17-8-5-11-21-13-17)22-20(26)16-7-6-12-24(14-16)29(27,28)18-9-3-2-4-10-18/h2-5,8-11,13,15-16H,6-7,12,14H2,1H3,(H,22,26)(H,23,25)/t15-,16+/m1/s1. The van der Waals surface area contributed by atoms with Crippen molar-refractivity contribution in [1.82, 2.24) is 14.6 Å². The van der Waals surface area contributed by atoms with Crippen molar-refractivity contribution in [3.8, 4) is 0 Å². The summed E-state index contributed by atoms with van der Waals surface area (Å²) in [7, 11) is -3.65. The molecule has 1 aromatic carbocycles. The first-order valence-electron chi connectivity index (χ1n) is 9.44. The van der Waals surface area contributed by atoms with Crippen LogP contribution in [0.1, 0.15) is 19.8 Å². The number of hydrogen-bond acceptors (Lipinski definition) is 5. The van der Waals surface area contributed by atoms with Gasteiger partial charge in [-0.3, -0.25) is 14.6 Å². The number of nitrogens with one attached hydrogen (secondary N) is 2. The van der Waals surface area contributed by atoms with E-state index in [1.165, 1.54) is 10.5 Å². The van der Waals surface area contributed by atoms with Gasteiger partial charge in [-0.2, -0.15) is 4.31 Å². The fourth-order valence-corrected chi connectivity index (χ4v) is 4.75. The van der Waals surface area contributed by atoms with E-state index >= 15 is 0 Å². The molecule has 0 bridgehead atoms. The van der Waals surface area contributed by atoms with Gasteiger partial charge in [0, 0.05) is 19.3 Å². The average Bonchev–Trinajstić information content (AvgIpc) is 2.75. The van der Waals surface area contributed by atoms with E-state index in [4.69, 9.17) is 0 Å². The lowest BCUT2D eigenvalue weighted by Gasteiger charge is -2.31. The van der Waals surface area contributed by atoms with Crippen LogP contribution in [-0.4, -0.2) is 48.7 Å². The third-order valence-corrected chi connectivity index (χ3v) is 6.70. The summed E-state index contributed by atoms with van der Waals surface area (Å²) < 4.78 is 27.0. The van der Waals surface area contributed by atoms with Gasteiger partial charge in [-0.25, -0.2) is 8.42 Å². The van der Waals surface area contributed by atoms with Gasteiger partial charge >= 0.3 is 0 Å². The summed E-state index contributed by atoms with van der Waals surface area (Å²) in [6.07, 6.45) is 4.27. The summed E-state index contributed by atoms with van der Waals surface area (Å²) in [5.41, 5.74) is 0.538. The minimum Gasteiger partial charge on any atom is -0.344 e. The second-order valence-corrected chi connectivity index (χ2v) is 8.91. The highest BCUT2D eigenvalue weighted by Crippen LogP contribution is 2.24. The van der Waals surface area contributed by atoms with Gasteiger partial charge in [-0.1, -0.05) is 18.2 Å². The molecular weight excluding hydrogens is 392 g/mol. The number of carbonyl (C=O) groups excluding carboxylic acids is 2. The van der Waals surface area contributed by atoms with Gasteiger partial charge in [0.15, 0.2) is 0 Å². The fourth-order valence-electron chi connectivity index (χ4n) is 3.20. The summed E-state index contributed by atoms with van der Waals surface area (Å²) in [4.78, 5) is 29.1. The summed E-state index contributed by atoms with van der Waals surface area (Å²) in [6.45, 7) is 2.06. The Balaban J connectivity index is 1.60. The molecule has 0 saturated carbocycles. The Labute approximate surface area is 170 Å². The number of sulfonamides is 1. The van der Waals surface area contributed by atoms with Gasteiger partial charge < -0.3 is 10.6 Å². The lowest BCUT2D eigenvalue weighted by atomic mass is 9.98. The van der Waals surface area contributed by atoms with E-state index in [1.807, 2.05) is 0 Å². The highest BCUT2D eigenvalue weighted by atomic mass is 32.2. The predicted octanol–water partition coefficient (Wildman–Crippen LogP) is 1.63. The van der Waals surface area contributed by atoms with Gasteiger partial charge in [0.05, 0.1) is 22.7 Å². The third-order valence-electron chi connectivity index (χ3n) is 4.82. The monoisotopic (exact) mass is 416 g/mol. The molecule has 2 amide bonds. The number of piperidine rings is 1. The van der Waals surface area contributed by atoms with E-state index in [0.29, 0.717) is 25.1 Å². The number of carbonyl (C=O) groups is 2. The molecule has 1 fully saturated rings. The van der Waals surface area contributed by atoms with Crippen LogP contribution in [0.5, 0.6) is 0 Å². The molecular formula is C20H24N4O4S. The van der Waals surface area contributed by atoms with Gasteiger partial charge in [-0.15, -0.1) is 0 Å². The Hall–Kier alpha value is -2.78. The molecule has 8 nitrogen and oxygen atoms in total. The minimum absolute atomic E-state index is 0.0972. The first-order valence-corrected chi connectivity index (χ1v) is 10.9. The molecule has 0 radical (unpaired) electrons. The topological polar surface area (TPSA) is 108 Å². The average molecular weight is 417 g/mol. The quantitative estimate of drug-likeness (QED) is 0.744. The lowest BCUT2D eigenvalue weighted by Crippen LogP contribution is -2.49. The molecule has 2 atom stereocenters. The minimum atomic E-state index is -3.65. The maximum atomic E-state index is 12.8. The molecule has 1 aliphatic rings. The van der Waals surface area contributed by atoms with Crippen LogP contribution < -0.4 is 10.6 Å². The summed E-state index contributed by atoms with van der Waals surface area (Å²) >= 11 is 0. The number of pyridine rings is 1. The summed E-state index contributed by atoms with van der Waals surface area (Å²) in [6, 6.07) is 10.8. The van der Waals surface area contributed by atoms with Gasteiger partial charge in [0.25, 0.3) is 0 Å².